The van der Waals surface area contributed by atoms with Crippen LogP contribution in [0.4, 0.5) is 0 Å². The number of hydrogen-bond acceptors (Lipinski definition) is 3. The SMILES string of the molecule is COc1cc(C)c(S(=O)(=O)NCc2ccccc2C)cc1C(C)C. The fraction of sp³-hybridized carbons (Fsp3) is 0.368. The van der Waals surface area contributed by atoms with Crippen LogP contribution < -0.4 is 9.46 Å². The highest BCUT2D eigenvalue weighted by Gasteiger charge is 2.20. The number of sulfonamides is 1. The molecule has 0 aliphatic carbocycles. The molecule has 130 valence electrons. The normalized spacial score (nSPS) is 11.8. The largest absolute Gasteiger partial charge is 0.496 e. The van der Waals surface area contributed by atoms with Crippen LogP contribution >= 0.6 is 0 Å². The van der Waals surface area contributed by atoms with Crippen molar-refractivity contribution in [3.8, 4) is 5.75 Å². The van der Waals surface area contributed by atoms with Gasteiger partial charge >= 0.3 is 0 Å². The molecule has 0 saturated heterocycles. The van der Waals surface area contributed by atoms with Gasteiger partial charge in [0.05, 0.1) is 12.0 Å². The maximum atomic E-state index is 12.8. The van der Waals surface area contributed by atoms with Gasteiger partial charge in [-0.2, -0.15) is 0 Å². The summed E-state index contributed by atoms with van der Waals surface area (Å²) in [5.74, 6) is 0.895. The highest BCUT2D eigenvalue weighted by molar-refractivity contribution is 7.89. The van der Waals surface area contributed by atoms with Crippen LogP contribution in [0.25, 0.3) is 0 Å². The van der Waals surface area contributed by atoms with E-state index in [1.807, 2.05) is 45.0 Å². The molecule has 2 aromatic rings. The predicted octanol–water partition coefficient (Wildman–Crippen LogP) is 3.91. The van der Waals surface area contributed by atoms with Gasteiger partial charge in [-0.1, -0.05) is 38.1 Å². The number of hydrogen-bond donors (Lipinski definition) is 1. The number of aryl methyl sites for hydroxylation is 2. The molecule has 1 N–H and O–H groups in total. The fourth-order valence-electron chi connectivity index (χ4n) is 2.65. The maximum Gasteiger partial charge on any atom is 0.241 e. The van der Waals surface area contributed by atoms with Gasteiger partial charge in [-0.3, -0.25) is 0 Å². The summed E-state index contributed by atoms with van der Waals surface area (Å²) in [6.45, 7) is 8.07. The molecule has 0 aliphatic rings. The van der Waals surface area contributed by atoms with Crippen LogP contribution in [0.3, 0.4) is 0 Å². The van der Waals surface area contributed by atoms with Crippen molar-refractivity contribution in [2.45, 2.75) is 45.1 Å². The van der Waals surface area contributed by atoms with Crippen LogP contribution in [0.15, 0.2) is 41.3 Å². The number of rotatable bonds is 6. The Morgan fingerprint density at radius 1 is 1.08 bits per heavy atom. The van der Waals surface area contributed by atoms with E-state index in [0.29, 0.717) is 10.5 Å². The molecule has 2 rings (SSSR count). The highest BCUT2D eigenvalue weighted by Crippen LogP contribution is 2.31. The van der Waals surface area contributed by atoms with E-state index in [1.54, 1.807) is 26.2 Å². The Hall–Kier alpha value is -1.85. The fourth-order valence-corrected chi connectivity index (χ4v) is 3.92. The third kappa shape index (κ3) is 3.97. The van der Waals surface area contributed by atoms with E-state index in [4.69, 9.17) is 4.74 Å². The molecular weight excluding hydrogens is 322 g/mol. The first-order chi connectivity index (χ1) is 11.3. The molecule has 2 aromatic carbocycles. The van der Waals surface area contributed by atoms with Crippen molar-refractivity contribution >= 4 is 10.0 Å². The Balaban J connectivity index is 2.35. The summed E-state index contributed by atoms with van der Waals surface area (Å²) in [4.78, 5) is 0.306. The zero-order valence-electron chi connectivity index (χ0n) is 14.9. The first-order valence-electron chi connectivity index (χ1n) is 7.99. The topological polar surface area (TPSA) is 55.4 Å². The molecule has 0 unspecified atom stereocenters. The zero-order valence-corrected chi connectivity index (χ0v) is 15.7. The predicted molar refractivity (Wildman–Crippen MR) is 97.0 cm³/mol. The van der Waals surface area contributed by atoms with Crippen LogP contribution in [-0.4, -0.2) is 15.5 Å². The van der Waals surface area contributed by atoms with Gasteiger partial charge in [-0.05, 0) is 54.2 Å². The first kappa shape index (κ1) is 18.5. The summed E-state index contributed by atoms with van der Waals surface area (Å²) in [5, 5.41) is 0. The summed E-state index contributed by atoms with van der Waals surface area (Å²) < 4.78 is 33.6. The summed E-state index contributed by atoms with van der Waals surface area (Å²) in [6, 6.07) is 11.3. The molecule has 0 radical (unpaired) electrons. The molecule has 0 amide bonds. The molecule has 0 fully saturated rings. The second-order valence-electron chi connectivity index (χ2n) is 6.27. The lowest BCUT2D eigenvalue weighted by atomic mass is 10.0. The molecule has 0 spiro atoms. The third-order valence-electron chi connectivity index (χ3n) is 4.15. The summed E-state index contributed by atoms with van der Waals surface area (Å²) in [5.41, 5.74) is 3.60. The van der Waals surface area contributed by atoms with Gasteiger partial charge in [0.15, 0.2) is 0 Å². The van der Waals surface area contributed by atoms with Crippen molar-refractivity contribution in [1.29, 1.82) is 0 Å². The van der Waals surface area contributed by atoms with E-state index in [-0.39, 0.29) is 12.5 Å². The molecule has 0 atom stereocenters. The Morgan fingerprint density at radius 3 is 2.33 bits per heavy atom. The van der Waals surface area contributed by atoms with Crippen molar-refractivity contribution < 1.29 is 13.2 Å². The zero-order chi connectivity index (χ0) is 17.9. The minimum Gasteiger partial charge on any atom is -0.496 e. The molecular formula is C19H25NO3S. The molecule has 4 nitrogen and oxygen atoms in total. The first-order valence-corrected chi connectivity index (χ1v) is 9.47. The third-order valence-corrected chi connectivity index (χ3v) is 5.70. The Kier molecular flexibility index (Phi) is 5.67. The number of benzene rings is 2. The Labute approximate surface area is 144 Å². The lowest BCUT2D eigenvalue weighted by molar-refractivity contribution is 0.406. The molecule has 0 aliphatic heterocycles. The summed E-state index contributed by atoms with van der Waals surface area (Å²) in [7, 11) is -1.99. The monoisotopic (exact) mass is 347 g/mol. The Bertz CT molecular complexity index is 827. The minimum absolute atomic E-state index is 0.172. The highest BCUT2D eigenvalue weighted by atomic mass is 32.2. The van der Waals surface area contributed by atoms with Crippen LogP contribution in [0, 0.1) is 13.8 Å². The summed E-state index contributed by atoms with van der Waals surface area (Å²) >= 11 is 0. The van der Waals surface area contributed by atoms with E-state index in [2.05, 4.69) is 4.72 Å². The second kappa shape index (κ2) is 7.36. The van der Waals surface area contributed by atoms with E-state index >= 15 is 0 Å². The van der Waals surface area contributed by atoms with Gasteiger partial charge in [-0.15, -0.1) is 0 Å². The van der Waals surface area contributed by atoms with Gasteiger partial charge in [0.2, 0.25) is 10.0 Å². The maximum absolute atomic E-state index is 12.8. The van der Waals surface area contributed by atoms with E-state index in [1.165, 1.54) is 0 Å². The van der Waals surface area contributed by atoms with Crippen molar-refractivity contribution in [3.05, 3.63) is 58.7 Å². The van der Waals surface area contributed by atoms with E-state index < -0.39 is 10.0 Å². The summed E-state index contributed by atoms with van der Waals surface area (Å²) in [6.07, 6.45) is 0. The van der Waals surface area contributed by atoms with E-state index in [9.17, 15) is 8.42 Å². The van der Waals surface area contributed by atoms with Gasteiger partial charge in [0.1, 0.15) is 5.75 Å². The molecule has 24 heavy (non-hydrogen) atoms. The van der Waals surface area contributed by atoms with Gasteiger partial charge in [0.25, 0.3) is 0 Å². The average Bonchev–Trinajstić information content (AvgIpc) is 2.53. The van der Waals surface area contributed by atoms with Crippen LogP contribution in [-0.2, 0) is 16.6 Å². The van der Waals surface area contributed by atoms with Crippen molar-refractivity contribution in [1.82, 2.24) is 4.72 Å². The van der Waals surface area contributed by atoms with Crippen molar-refractivity contribution in [2.75, 3.05) is 7.11 Å². The lowest BCUT2D eigenvalue weighted by Gasteiger charge is -2.17. The smallest absolute Gasteiger partial charge is 0.241 e. The molecule has 0 heterocycles. The number of nitrogens with one attached hydrogen (secondary N) is 1. The van der Waals surface area contributed by atoms with Gasteiger partial charge in [-0.25, -0.2) is 13.1 Å². The van der Waals surface area contributed by atoms with Crippen molar-refractivity contribution in [3.63, 3.8) is 0 Å². The second-order valence-corrected chi connectivity index (χ2v) is 8.00. The van der Waals surface area contributed by atoms with Crippen LogP contribution in [0.1, 0.15) is 42.0 Å². The standard InChI is InChI=1S/C19H25NO3S/c1-13(2)17-11-19(15(4)10-18(17)23-5)24(21,22)20-12-16-9-7-6-8-14(16)3/h6-11,13,20H,12H2,1-5H3. The molecule has 0 aromatic heterocycles. The van der Waals surface area contributed by atoms with E-state index in [0.717, 1.165) is 22.4 Å². The number of methoxy groups -OCH3 is 1. The Morgan fingerprint density at radius 2 is 1.75 bits per heavy atom. The van der Waals surface area contributed by atoms with Crippen molar-refractivity contribution in [2.24, 2.45) is 0 Å². The average molecular weight is 347 g/mol. The van der Waals surface area contributed by atoms with Gasteiger partial charge < -0.3 is 4.74 Å². The molecule has 0 bridgehead atoms. The van der Waals surface area contributed by atoms with Gasteiger partial charge in [0, 0.05) is 6.54 Å². The lowest BCUT2D eigenvalue weighted by Crippen LogP contribution is -2.24. The minimum atomic E-state index is -3.59. The van der Waals surface area contributed by atoms with Crippen LogP contribution in [0.5, 0.6) is 5.75 Å². The molecule has 5 heteroatoms. The van der Waals surface area contributed by atoms with Crippen LogP contribution in [0.2, 0.25) is 0 Å². The quantitative estimate of drug-likeness (QED) is 0.862. The molecule has 0 saturated carbocycles. The number of ether oxygens (including phenoxy) is 1.